The highest BCUT2D eigenvalue weighted by Gasteiger charge is 2.10. The minimum Gasteiger partial charge on any atom is -0.485 e. The third kappa shape index (κ3) is 5.94. The van der Waals surface area contributed by atoms with Gasteiger partial charge in [0.1, 0.15) is 6.61 Å². The molecule has 2 heterocycles. The number of anilines is 1. The van der Waals surface area contributed by atoms with Gasteiger partial charge in [-0.1, -0.05) is 29.3 Å². The molecule has 2 aromatic heterocycles. The second kappa shape index (κ2) is 10.1. The van der Waals surface area contributed by atoms with Gasteiger partial charge in [0.2, 0.25) is 5.91 Å². The number of carbonyl (C=O) groups excluding carboxylic acids is 1. The first-order chi connectivity index (χ1) is 13.6. The summed E-state index contributed by atoms with van der Waals surface area (Å²) in [6.45, 7) is 0.369. The molecule has 0 bridgehead atoms. The Morgan fingerprint density at radius 3 is 2.61 bits per heavy atom. The first-order valence-corrected chi connectivity index (χ1v) is 9.58. The summed E-state index contributed by atoms with van der Waals surface area (Å²) in [6, 6.07) is 12.8. The maximum atomic E-state index is 12.3. The van der Waals surface area contributed by atoms with Gasteiger partial charge in [-0.25, -0.2) is 4.98 Å². The molecule has 7 heteroatoms. The fraction of sp³-hybridized carbons (Fsp3) is 0.190. The summed E-state index contributed by atoms with van der Waals surface area (Å²) in [6.07, 6.45) is 6.81. The molecule has 1 N–H and O–H groups in total. The van der Waals surface area contributed by atoms with E-state index < -0.39 is 0 Å². The number of benzene rings is 1. The van der Waals surface area contributed by atoms with Crippen LogP contribution in [0.15, 0.2) is 61.1 Å². The smallest absolute Gasteiger partial charge is 0.225 e. The zero-order valence-corrected chi connectivity index (χ0v) is 16.6. The molecule has 0 aliphatic heterocycles. The van der Waals surface area contributed by atoms with Crippen LogP contribution in [0.25, 0.3) is 0 Å². The molecular formula is C21H19Cl2N3O2. The van der Waals surface area contributed by atoms with E-state index in [0.29, 0.717) is 41.1 Å². The van der Waals surface area contributed by atoms with Gasteiger partial charge >= 0.3 is 0 Å². The zero-order chi connectivity index (χ0) is 19.8. The number of nitrogens with zero attached hydrogens (tertiary/aromatic N) is 2. The van der Waals surface area contributed by atoms with Crippen molar-refractivity contribution < 1.29 is 9.53 Å². The highest BCUT2D eigenvalue weighted by molar-refractivity contribution is 6.42. The highest BCUT2D eigenvalue weighted by Crippen LogP contribution is 2.24. The van der Waals surface area contributed by atoms with Crippen molar-refractivity contribution in [3.63, 3.8) is 0 Å². The van der Waals surface area contributed by atoms with Gasteiger partial charge in [-0.05, 0) is 60.4 Å². The molecule has 3 rings (SSSR count). The normalized spacial score (nSPS) is 10.5. The predicted octanol–water partition coefficient (Wildman–Crippen LogP) is 5.32. The molecular weight excluding hydrogens is 397 g/mol. The number of rotatable bonds is 8. The second-order valence-corrected chi connectivity index (χ2v) is 6.96. The molecule has 0 fully saturated rings. The van der Waals surface area contributed by atoms with Crippen LogP contribution in [-0.4, -0.2) is 15.9 Å². The van der Waals surface area contributed by atoms with Gasteiger partial charge in [0.05, 0.1) is 10.0 Å². The van der Waals surface area contributed by atoms with E-state index in [1.54, 1.807) is 36.8 Å². The van der Waals surface area contributed by atoms with E-state index in [4.69, 9.17) is 27.9 Å². The lowest BCUT2D eigenvalue weighted by Gasteiger charge is -2.11. The van der Waals surface area contributed by atoms with E-state index in [-0.39, 0.29) is 5.91 Å². The summed E-state index contributed by atoms with van der Waals surface area (Å²) in [4.78, 5) is 20.5. The molecule has 5 nitrogen and oxygen atoms in total. The maximum Gasteiger partial charge on any atom is 0.225 e. The topological polar surface area (TPSA) is 64.1 Å². The SMILES string of the molecule is O=C(CCCc1ccc(Cl)c(Cl)c1)Nc1ncccc1OCc1ccncc1. The van der Waals surface area contributed by atoms with Crippen molar-refractivity contribution in [1.82, 2.24) is 9.97 Å². The Morgan fingerprint density at radius 1 is 1.00 bits per heavy atom. The summed E-state index contributed by atoms with van der Waals surface area (Å²) >= 11 is 11.9. The van der Waals surface area contributed by atoms with E-state index >= 15 is 0 Å². The number of aryl methyl sites for hydroxylation is 1. The monoisotopic (exact) mass is 415 g/mol. The second-order valence-electron chi connectivity index (χ2n) is 6.14. The summed E-state index contributed by atoms with van der Waals surface area (Å²) in [7, 11) is 0. The molecule has 1 aromatic carbocycles. The fourth-order valence-corrected chi connectivity index (χ4v) is 2.90. The molecule has 0 spiro atoms. The standard InChI is InChI=1S/C21H19Cl2N3O2/c22-17-7-6-15(13-18(17)23)3-1-5-20(27)26-21-19(4-2-10-25-21)28-14-16-8-11-24-12-9-16/h2,4,6-13H,1,3,5,14H2,(H,25,26,27). The van der Waals surface area contributed by atoms with Crippen LogP contribution in [0.1, 0.15) is 24.0 Å². The molecule has 28 heavy (non-hydrogen) atoms. The predicted molar refractivity (Wildman–Crippen MR) is 111 cm³/mol. The van der Waals surface area contributed by atoms with Crippen molar-refractivity contribution in [3.05, 3.63) is 82.2 Å². The van der Waals surface area contributed by atoms with Crippen LogP contribution in [0.5, 0.6) is 5.75 Å². The average molecular weight is 416 g/mol. The van der Waals surface area contributed by atoms with Gasteiger partial charge in [0.25, 0.3) is 0 Å². The summed E-state index contributed by atoms with van der Waals surface area (Å²) < 4.78 is 5.79. The van der Waals surface area contributed by atoms with Gasteiger partial charge in [-0.15, -0.1) is 0 Å². The van der Waals surface area contributed by atoms with Crippen LogP contribution in [0, 0.1) is 0 Å². The van der Waals surface area contributed by atoms with Gasteiger partial charge in [-0.2, -0.15) is 0 Å². The molecule has 0 radical (unpaired) electrons. The Morgan fingerprint density at radius 2 is 1.82 bits per heavy atom. The lowest BCUT2D eigenvalue weighted by atomic mass is 10.1. The number of aromatic nitrogens is 2. The Hall–Kier alpha value is -2.63. The Balaban J connectivity index is 1.51. The van der Waals surface area contributed by atoms with Crippen LogP contribution >= 0.6 is 23.2 Å². The van der Waals surface area contributed by atoms with Crippen molar-refractivity contribution in [1.29, 1.82) is 0 Å². The van der Waals surface area contributed by atoms with E-state index in [2.05, 4.69) is 15.3 Å². The maximum absolute atomic E-state index is 12.3. The molecule has 0 unspecified atom stereocenters. The molecule has 0 saturated heterocycles. The van der Waals surface area contributed by atoms with Gasteiger partial charge < -0.3 is 10.1 Å². The van der Waals surface area contributed by atoms with Gasteiger partial charge in [0.15, 0.2) is 11.6 Å². The zero-order valence-electron chi connectivity index (χ0n) is 15.1. The number of pyridine rings is 2. The molecule has 0 aliphatic carbocycles. The summed E-state index contributed by atoms with van der Waals surface area (Å²) in [5, 5.41) is 3.87. The molecule has 1 amide bonds. The van der Waals surface area contributed by atoms with Crippen molar-refractivity contribution in [2.75, 3.05) is 5.32 Å². The van der Waals surface area contributed by atoms with Crippen molar-refractivity contribution in [2.45, 2.75) is 25.9 Å². The highest BCUT2D eigenvalue weighted by atomic mass is 35.5. The van der Waals surface area contributed by atoms with Crippen LogP contribution in [0.3, 0.4) is 0 Å². The Kier molecular flexibility index (Phi) is 7.23. The number of nitrogens with one attached hydrogen (secondary N) is 1. The number of halogens is 2. The number of hydrogen-bond acceptors (Lipinski definition) is 4. The quantitative estimate of drug-likeness (QED) is 0.540. The first-order valence-electron chi connectivity index (χ1n) is 8.82. The molecule has 144 valence electrons. The van der Waals surface area contributed by atoms with Crippen LogP contribution in [0.2, 0.25) is 10.0 Å². The van der Waals surface area contributed by atoms with Crippen molar-refractivity contribution >= 4 is 34.9 Å². The first kappa shape index (κ1) is 20.1. The molecule has 0 aliphatic rings. The van der Waals surface area contributed by atoms with E-state index in [0.717, 1.165) is 17.5 Å². The lowest BCUT2D eigenvalue weighted by Crippen LogP contribution is -2.13. The largest absolute Gasteiger partial charge is 0.485 e. The minimum atomic E-state index is -0.118. The van der Waals surface area contributed by atoms with Crippen LogP contribution < -0.4 is 10.1 Å². The number of ether oxygens (including phenoxy) is 1. The van der Waals surface area contributed by atoms with E-state index in [9.17, 15) is 4.79 Å². The Bertz CT molecular complexity index is 936. The fourth-order valence-electron chi connectivity index (χ4n) is 2.58. The third-order valence-electron chi connectivity index (χ3n) is 4.03. The number of amides is 1. The molecule has 0 saturated carbocycles. The number of hydrogen-bond donors (Lipinski definition) is 1. The minimum absolute atomic E-state index is 0.118. The third-order valence-corrected chi connectivity index (χ3v) is 4.76. The van der Waals surface area contributed by atoms with Gasteiger partial charge in [-0.3, -0.25) is 9.78 Å². The molecule has 0 atom stereocenters. The average Bonchev–Trinajstić information content (AvgIpc) is 2.71. The van der Waals surface area contributed by atoms with Crippen LogP contribution in [0.4, 0.5) is 5.82 Å². The number of carbonyl (C=O) groups is 1. The molecule has 3 aromatic rings. The van der Waals surface area contributed by atoms with Gasteiger partial charge in [0, 0.05) is 25.0 Å². The van der Waals surface area contributed by atoms with Crippen molar-refractivity contribution in [3.8, 4) is 5.75 Å². The summed E-state index contributed by atoms with van der Waals surface area (Å²) in [5.74, 6) is 0.820. The lowest BCUT2D eigenvalue weighted by molar-refractivity contribution is -0.116. The van der Waals surface area contributed by atoms with Crippen molar-refractivity contribution in [2.24, 2.45) is 0 Å². The van der Waals surface area contributed by atoms with E-state index in [1.165, 1.54) is 0 Å². The summed E-state index contributed by atoms with van der Waals surface area (Å²) in [5.41, 5.74) is 2.03. The van der Waals surface area contributed by atoms with E-state index in [1.807, 2.05) is 24.3 Å². The van der Waals surface area contributed by atoms with Crippen LogP contribution in [-0.2, 0) is 17.8 Å². The Labute approximate surface area is 173 Å².